The zero-order valence-corrected chi connectivity index (χ0v) is 9.90. The maximum atomic E-state index is 13.8. The van der Waals surface area contributed by atoms with E-state index in [0.717, 1.165) is 6.07 Å². The summed E-state index contributed by atoms with van der Waals surface area (Å²) in [6.07, 6.45) is -1.68. The van der Waals surface area contributed by atoms with E-state index in [9.17, 15) is 14.3 Å². The van der Waals surface area contributed by atoms with Crippen molar-refractivity contribution in [1.82, 2.24) is 0 Å². The van der Waals surface area contributed by atoms with Crippen molar-refractivity contribution in [3.63, 3.8) is 0 Å². The molecule has 0 heterocycles. The van der Waals surface area contributed by atoms with Gasteiger partial charge < -0.3 is 14.9 Å². The highest BCUT2D eigenvalue weighted by atomic mass is 19.1. The molecule has 94 valence electrons. The van der Waals surface area contributed by atoms with Crippen LogP contribution in [0.15, 0.2) is 18.2 Å². The van der Waals surface area contributed by atoms with E-state index in [4.69, 9.17) is 9.84 Å². The van der Waals surface area contributed by atoms with Crippen LogP contribution in [0.3, 0.4) is 0 Å². The molecular formula is C12H15FO4. The molecule has 1 rings (SSSR count). The Morgan fingerprint density at radius 2 is 2.06 bits per heavy atom. The number of methoxy groups -OCH3 is 1. The molecule has 0 spiro atoms. The van der Waals surface area contributed by atoms with Gasteiger partial charge in [0.25, 0.3) is 0 Å². The minimum absolute atomic E-state index is 0.133. The molecular weight excluding hydrogens is 227 g/mol. The predicted molar refractivity (Wildman–Crippen MR) is 59.6 cm³/mol. The van der Waals surface area contributed by atoms with Gasteiger partial charge in [-0.1, -0.05) is 19.9 Å². The third-order valence-corrected chi connectivity index (χ3v) is 2.79. The lowest BCUT2D eigenvalue weighted by Crippen LogP contribution is -2.40. The molecule has 2 N–H and O–H groups in total. The number of hydrogen-bond donors (Lipinski definition) is 2. The average molecular weight is 242 g/mol. The van der Waals surface area contributed by atoms with Crippen LogP contribution in [0.1, 0.15) is 19.4 Å². The maximum Gasteiger partial charge on any atom is 0.333 e. The second-order valence-corrected chi connectivity index (χ2v) is 4.31. The number of aliphatic hydroxyl groups excluding tert-OH is 1. The van der Waals surface area contributed by atoms with Crippen molar-refractivity contribution in [2.24, 2.45) is 0 Å². The standard InChI is InChI=1S/C12H15FO4/c1-12(2,10(14)11(15)16)8-5-4-7(17-3)6-9(8)13/h4-6,10,14H,1-3H3,(H,15,16). The van der Waals surface area contributed by atoms with Gasteiger partial charge in [-0.25, -0.2) is 9.18 Å². The molecule has 1 aromatic carbocycles. The monoisotopic (exact) mass is 242 g/mol. The fraction of sp³-hybridized carbons (Fsp3) is 0.417. The van der Waals surface area contributed by atoms with E-state index < -0.39 is 23.3 Å². The number of carbonyl (C=O) groups is 1. The van der Waals surface area contributed by atoms with Crippen LogP contribution in [-0.4, -0.2) is 29.4 Å². The maximum absolute atomic E-state index is 13.8. The minimum Gasteiger partial charge on any atom is -0.497 e. The number of benzene rings is 1. The highest BCUT2D eigenvalue weighted by Crippen LogP contribution is 2.31. The lowest BCUT2D eigenvalue weighted by atomic mass is 9.79. The van der Waals surface area contributed by atoms with Crippen LogP contribution in [0.4, 0.5) is 4.39 Å². The number of rotatable bonds is 4. The van der Waals surface area contributed by atoms with Gasteiger partial charge in [0, 0.05) is 11.5 Å². The third kappa shape index (κ3) is 2.55. The Kier molecular flexibility index (Phi) is 3.72. The van der Waals surface area contributed by atoms with Crippen molar-refractivity contribution in [2.75, 3.05) is 7.11 Å². The van der Waals surface area contributed by atoms with Crippen molar-refractivity contribution in [1.29, 1.82) is 0 Å². The first-order valence-corrected chi connectivity index (χ1v) is 5.05. The molecule has 5 heteroatoms. The smallest absolute Gasteiger partial charge is 0.333 e. The van der Waals surface area contributed by atoms with Crippen molar-refractivity contribution < 1.29 is 24.1 Å². The number of hydrogen-bond acceptors (Lipinski definition) is 3. The Hall–Kier alpha value is -1.62. The summed E-state index contributed by atoms with van der Waals surface area (Å²) in [7, 11) is 1.41. The molecule has 0 fully saturated rings. The predicted octanol–water partition coefficient (Wildman–Crippen LogP) is 1.56. The van der Waals surface area contributed by atoms with Gasteiger partial charge in [-0.05, 0) is 11.6 Å². The summed E-state index contributed by atoms with van der Waals surface area (Å²) in [5.41, 5.74) is -1.09. The second kappa shape index (κ2) is 4.71. The van der Waals surface area contributed by atoms with Crippen molar-refractivity contribution in [2.45, 2.75) is 25.4 Å². The highest BCUT2D eigenvalue weighted by Gasteiger charge is 2.37. The van der Waals surface area contributed by atoms with E-state index in [0.29, 0.717) is 5.75 Å². The van der Waals surface area contributed by atoms with Gasteiger partial charge in [0.1, 0.15) is 11.6 Å². The Morgan fingerprint density at radius 3 is 2.47 bits per heavy atom. The molecule has 0 amide bonds. The Balaban J connectivity index is 3.19. The fourth-order valence-electron chi connectivity index (χ4n) is 1.60. The number of carboxylic acid groups (broad SMARTS) is 1. The first-order valence-electron chi connectivity index (χ1n) is 5.05. The largest absolute Gasteiger partial charge is 0.497 e. The minimum atomic E-state index is -1.68. The number of ether oxygens (including phenoxy) is 1. The van der Waals surface area contributed by atoms with E-state index in [-0.39, 0.29) is 5.56 Å². The highest BCUT2D eigenvalue weighted by molar-refractivity contribution is 5.74. The molecule has 0 aromatic heterocycles. The molecule has 1 atom stereocenters. The first-order chi connectivity index (χ1) is 7.80. The summed E-state index contributed by atoms with van der Waals surface area (Å²) >= 11 is 0. The van der Waals surface area contributed by atoms with Crippen LogP contribution in [0.5, 0.6) is 5.75 Å². The van der Waals surface area contributed by atoms with Crippen LogP contribution in [0, 0.1) is 5.82 Å². The second-order valence-electron chi connectivity index (χ2n) is 4.31. The normalized spacial score (nSPS) is 13.2. The molecule has 1 unspecified atom stereocenters. The first kappa shape index (κ1) is 13.4. The molecule has 4 nitrogen and oxygen atoms in total. The molecule has 0 bridgehead atoms. The lowest BCUT2D eigenvalue weighted by molar-refractivity contribution is -0.150. The van der Waals surface area contributed by atoms with Gasteiger partial charge in [0.2, 0.25) is 0 Å². The van der Waals surface area contributed by atoms with Crippen LogP contribution < -0.4 is 4.74 Å². The van der Waals surface area contributed by atoms with E-state index in [1.54, 1.807) is 0 Å². The fourth-order valence-corrected chi connectivity index (χ4v) is 1.60. The van der Waals surface area contributed by atoms with Crippen molar-refractivity contribution in [3.8, 4) is 5.75 Å². The molecule has 0 aliphatic heterocycles. The van der Waals surface area contributed by atoms with Crippen molar-refractivity contribution >= 4 is 5.97 Å². The van der Waals surface area contributed by atoms with E-state index in [1.807, 2.05) is 0 Å². The summed E-state index contributed by atoms with van der Waals surface area (Å²) < 4.78 is 18.6. The Labute approximate surface area is 98.7 Å². The Bertz CT molecular complexity index is 429. The lowest BCUT2D eigenvalue weighted by Gasteiger charge is -2.28. The van der Waals surface area contributed by atoms with E-state index >= 15 is 0 Å². The van der Waals surface area contributed by atoms with Crippen LogP contribution in [-0.2, 0) is 10.2 Å². The van der Waals surface area contributed by atoms with Gasteiger partial charge in [0.15, 0.2) is 6.10 Å². The number of carboxylic acids is 1. The summed E-state index contributed by atoms with van der Waals surface area (Å²) in [5.74, 6) is -1.65. The van der Waals surface area contributed by atoms with Crippen LogP contribution in [0.25, 0.3) is 0 Å². The van der Waals surface area contributed by atoms with Crippen molar-refractivity contribution in [3.05, 3.63) is 29.6 Å². The molecule has 0 aliphatic rings. The number of aliphatic hydroxyl groups is 1. The van der Waals surface area contributed by atoms with Gasteiger partial charge >= 0.3 is 5.97 Å². The quantitative estimate of drug-likeness (QED) is 0.840. The number of aliphatic carboxylic acids is 1. The average Bonchev–Trinajstić information content (AvgIpc) is 2.27. The summed E-state index contributed by atoms with van der Waals surface area (Å²) in [6.45, 7) is 2.94. The van der Waals surface area contributed by atoms with E-state index in [1.165, 1.54) is 33.1 Å². The molecule has 1 aromatic rings. The SMILES string of the molecule is COc1ccc(C(C)(C)C(O)C(=O)O)c(F)c1. The topological polar surface area (TPSA) is 66.8 Å². The summed E-state index contributed by atoms with van der Waals surface area (Å²) in [6, 6.07) is 4.10. The third-order valence-electron chi connectivity index (χ3n) is 2.79. The van der Waals surface area contributed by atoms with Crippen LogP contribution >= 0.6 is 0 Å². The molecule has 0 saturated carbocycles. The summed E-state index contributed by atoms with van der Waals surface area (Å²) in [4.78, 5) is 10.8. The summed E-state index contributed by atoms with van der Waals surface area (Å²) in [5, 5.41) is 18.3. The molecule has 17 heavy (non-hydrogen) atoms. The van der Waals surface area contributed by atoms with Gasteiger partial charge in [-0.3, -0.25) is 0 Å². The zero-order valence-electron chi connectivity index (χ0n) is 9.90. The molecule has 0 saturated heterocycles. The molecule has 0 aliphatic carbocycles. The van der Waals surface area contributed by atoms with E-state index in [2.05, 4.69) is 0 Å². The van der Waals surface area contributed by atoms with Gasteiger partial charge in [-0.2, -0.15) is 0 Å². The van der Waals surface area contributed by atoms with Gasteiger partial charge in [0.05, 0.1) is 7.11 Å². The van der Waals surface area contributed by atoms with Gasteiger partial charge in [-0.15, -0.1) is 0 Å². The van der Waals surface area contributed by atoms with Crippen LogP contribution in [0.2, 0.25) is 0 Å². The molecule has 0 radical (unpaired) electrons. The number of halogens is 1. The Morgan fingerprint density at radius 1 is 1.47 bits per heavy atom. The zero-order chi connectivity index (χ0) is 13.2.